The van der Waals surface area contributed by atoms with Crippen LogP contribution in [0.3, 0.4) is 0 Å². The third kappa shape index (κ3) is 4.02. The van der Waals surface area contributed by atoms with Crippen LogP contribution >= 0.6 is 0 Å². The quantitative estimate of drug-likeness (QED) is 0.673. The van der Waals surface area contributed by atoms with E-state index in [0.717, 1.165) is 32.8 Å². The zero-order chi connectivity index (χ0) is 9.52. The van der Waals surface area contributed by atoms with Crippen LogP contribution in [0.4, 0.5) is 4.39 Å². The Labute approximate surface area is 79.2 Å². The van der Waals surface area contributed by atoms with E-state index in [1.54, 1.807) is 0 Å². The Kier molecular flexibility index (Phi) is 5.27. The maximum Gasteiger partial charge on any atom is 0.102 e. The summed E-state index contributed by atoms with van der Waals surface area (Å²) < 4.78 is 17.6. The summed E-state index contributed by atoms with van der Waals surface area (Å²) in [6, 6.07) is 0. The summed E-state index contributed by atoms with van der Waals surface area (Å²) in [5.74, 6) is 0. The normalized spacial score (nSPS) is 24.9. The van der Waals surface area contributed by atoms with Crippen LogP contribution in [0.25, 0.3) is 0 Å². The summed E-state index contributed by atoms with van der Waals surface area (Å²) in [4.78, 5) is 2.12. The highest BCUT2D eigenvalue weighted by molar-refractivity contribution is 4.72. The molecule has 0 bridgehead atoms. The van der Waals surface area contributed by atoms with Crippen LogP contribution in [0.1, 0.15) is 6.92 Å². The fourth-order valence-corrected chi connectivity index (χ4v) is 1.53. The topological polar surface area (TPSA) is 24.5 Å². The third-order valence-corrected chi connectivity index (χ3v) is 2.25. The number of likely N-dealkylation sites (N-methyl/N-ethyl adjacent to an activating group) is 1. The zero-order valence-electron chi connectivity index (χ0n) is 8.26. The molecule has 0 aliphatic carbocycles. The Morgan fingerprint density at radius 1 is 1.62 bits per heavy atom. The van der Waals surface area contributed by atoms with Crippen LogP contribution in [-0.2, 0) is 4.74 Å². The molecule has 1 unspecified atom stereocenters. The molecule has 1 aliphatic heterocycles. The molecule has 1 aliphatic rings. The summed E-state index contributed by atoms with van der Waals surface area (Å²) in [5.41, 5.74) is 0. The highest BCUT2D eigenvalue weighted by atomic mass is 19.1. The SMILES string of the molecule is CCNCC1CN(CCF)CCO1. The van der Waals surface area contributed by atoms with Gasteiger partial charge in [-0.05, 0) is 6.54 Å². The van der Waals surface area contributed by atoms with Crippen molar-refractivity contribution in [3.63, 3.8) is 0 Å². The Balaban J connectivity index is 2.16. The predicted octanol–water partition coefficient (Wildman–Crippen LogP) is 0.266. The molecular formula is C9H19FN2O. The van der Waals surface area contributed by atoms with Crippen molar-refractivity contribution in [1.82, 2.24) is 10.2 Å². The summed E-state index contributed by atoms with van der Waals surface area (Å²) in [7, 11) is 0. The smallest absolute Gasteiger partial charge is 0.102 e. The van der Waals surface area contributed by atoms with Crippen molar-refractivity contribution in [1.29, 1.82) is 0 Å². The van der Waals surface area contributed by atoms with Crippen molar-refractivity contribution >= 4 is 0 Å². The minimum atomic E-state index is -0.256. The first-order valence-corrected chi connectivity index (χ1v) is 4.97. The van der Waals surface area contributed by atoms with Crippen LogP contribution < -0.4 is 5.32 Å². The molecular weight excluding hydrogens is 171 g/mol. The molecule has 1 atom stereocenters. The van der Waals surface area contributed by atoms with E-state index >= 15 is 0 Å². The molecule has 13 heavy (non-hydrogen) atoms. The number of nitrogens with zero attached hydrogens (tertiary/aromatic N) is 1. The molecule has 0 amide bonds. The monoisotopic (exact) mass is 190 g/mol. The maximum absolute atomic E-state index is 12.1. The van der Waals surface area contributed by atoms with E-state index in [9.17, 15) is 4.39 Å². The second kappa shape index (κ2) is 6.29. The van der Waals surface area contributed by atoms with E-state index in [1.165, 1.54) is 0 Å². The van der Waals surface area contributed by atoms with Crippen LogP contribution in [0.5, 0.6) is 0 Å². The van der Waals surface area contributed by atoms with Crippen LogP contribution in [0, 0.1) is 0 Å². The molecule has 4 heteroatoms. The number of rotatable bonds is 5. The van der Waals surface area contributed by atoms with E-state index in [0.29, 0.717) is 6.54 Å². The lowest BCUT2D eigenvalue weighted by Gasteiger charge is -2.32. The third-order valence-electron chi connectivity index (χ3n) is 2.25. The molecule has 1 rings (SSSR count). The van der Waals surface area contributed by atoms with Gasteiger partial charge in [-0.15, -0.1) is 0 Å². The van der Waals surface area contributed by atoms with Gasteiger partial charge >= 0.3 is 0 Å². The van der Waals surface area contributed by atoms with Crippen LogP contribution in [0.15, 0.2) is 0 Å². The Bertz CT molecular complexity index is 133. The number of hydrogen-bond acceptors (Lipinski definition) is 3. The minimum absolute atomic E-state index is 0.236. The first-order valence-electron chi connectivity index (χ1n) is 4.97. The summed E-state index contributed by atoms with van der Waals surface area (Å²) in [6.07, 6.45) is 0.236. The molecule has 0 saturated carbocycles. The average Bonchev–Trinajstić information content (AvgIpc) is 2.16. The molecule has 78 valence electrons. The Morgan fingerprint density at radius 2 is 2.46 bits per heavy atom. The fourth-order valence-electron chi connectivity index (χ4n) is 1.53. The highest BCUT2D eigenvalue weighted by Crippen LogP contribution is 2.03. The number of hydrogen-bond donors (Lipinski definition) is 1. The largest absolute Gasteiger partial charge is 0.374 e. The number of nitrogens with one attached hydrogen (secondary N) is 1. The standard InChI is InChI=1S/C9H19FN2O/c1-2-11-7-9-8-12(4-3-10)5-6-13-9/h9,11H,2-8H2,1H3. The molecule has 1 saturated heterocycles. The second-order valence-corrected chi connectivity index (χ2v) is 3.29. The number of ether oxygens (including phenoxy) is 1. The van der Waals surface area contributed by atoms with Gasteiger partial charge in [-0.25, -0.2) is 4.39 Å². The van der Waals surface area contributed by atoms with Crippen molar-refractivity contribution < 1.29 is 9.13 Å². The van der Waals surface area contributed by atoms with Gasteiger partial charge in [0.2, 0.25) is 0 Å². The van der Waals surface area contributed by atoms with Gasteiger partial charge < -0.3 is 10.1 Å². The van der Waals surface area contributed by atoms with E-state index in [1.807, 2.05) is 0 Å². The number of alkyl halides is 1. The first-order chi connectivity index (χ1) is 6.36. The first kappa shape index (κ1) is 10.9. The van der Waals surface area contributed by atoms with Gasteiger partial charge in [0.15, 0.2) is 0 Å². The Morgan fingerprint density at radius 3 is 3.15 bits per heavy atom. The molecule has 1 heterocycles. The fraction of sp³-hybridized carbons (Fsp3) is 1.00. The zero-order valence-corrected chi connectivity index (χ0v) is 8.26. The molecule has 1 N–H and O–H groups in total. The summed E-state index contributed by atoms with van der Waals surface area (Å²) in [6.45, 7) is 6.66. The molecule has 0 radical (unpaired) electrons. The van der Waals surface area contributed by atoms with E-state index in [4.69, 9.17) is 4.74 Å². The van der Waals surface area contributed by atoms with E-state index < -0.39 is 0 Å². The highest BCUT2D eigenvalue weighted by Gasteiger charge is 2.19. The van der Waals surface area contributed by atoms with Crippen molar-refractivity contribution in [3.8, 4) is 0 Å². The van der Waals surface area contributed by atoms with Gasteiger partial charge in [0, 0.05) is 26.2 Å². The van der Waals surface area contributed by atoms with Crippen molar-refractivity contribution in [3.05, 3.63) is 0 Å². The summed E-state index contributed by atoms with van der Waals surface area (Å²) >= 11 is 0. The lowest BCUT2D eigenvalue weighted by atomic mass is 10.2. The van der Waals surface area contributed by atoms with Gasteiger partial charge in [-0.2, -0.15) is 0 Å². The molecule has 3 nitrogen and oxygen atoms in total. The van der Waals surface area contributed by atoms with Crippen molar-refractivity contribution in [2.75, 3.05) is 46.0 Å². The van der Waals surface area contributed by atoms with Gasteiger partial charge in [0.05, 0.1) is 12.7 Å². The second-order valence-electron chi connectivity index (χ2n) is 3.29. The lowest BCUT2D eigenvalue weighted by molar-refractivity contribution is -0.0280. The van der Waals surface area contributed by atoms with Gasteiger partial charge in [-0.3, -0.25) is 4.90 Å². The predicted molar refractivity (Wildman–Crippen MR) is 50.7 cm³/mol. The van der Waals surface area contributed by atoms with E-state index in [2.05, 4.69) is 17.1 Å². The van der Waals surface area contributed by atoms with Crippen LogP contribution in [0.2, 0.25) is 0 Å². The van der Waals surface area contributed by atoms with Crippen molar-refractivity contribution in [2.24, 2.45) is 0 Å². The molecule has 1 fully saturated rings. The summed E-state index contributed by atoms with van der Waals surface area (Å²) in [5, 5.41) is 3.24. The lowest BCUT2D eigenvalue weighted by Crippen LogP contribution is -2.47. The number of morpholine rings is 1. The molecule has 0 aromatic rings. The molecule has 0 aromatic heterocycles. The number of halogens is 1. The molecule has 0 spiro atoms. The van der Waals surface area contributed by atoms with E-state index in [-0.39, 0.29) is 12.8 Å². The maximum atomic E-state index is 12.1. The minimum Gasteiger partial charge on any atom is -0.374 e. The van der Waals surface area contributed by atoms with Gasteiger partial charge in [0.1, 0.15) is 6.67 Å². The Hall–Kier alpha value is -0.190. The average molecular weight is 190 g/mol. The van der Waals surface area contributed by atoms with Gasteiger partial charge in [0.25, 0.3) is 0 Å². The van der Waals surface area contributed by atoms with Crippen LogP contribution in [-0.4, -0.2) is 57.0 Å². The van der Waals surface area contributed by atoms with Crippen molar-refractivity contribution in [2.45, 2.75) is 13.0 Å². The molecule has 0 aromatic carbocycles. The van der Waals surface area contributed by atoms with Gasteiger partial charge in [-0.1, -0.05) is 6.92 Å².